The van der Waals surface area contributed by atoms with Crippen LogP contribution in [-0.4, -0.2) is 0 Å². The summed E-state index contributed by atoms with van der Waals surface area (Å²) in [5.41, 5.74) is 0. The molecule has 0 aromatic carbocycles. The highest BCUT2D eigenvalue weighted by molar-refractivity contribution is 4.57. The molecule has 0 saturated heterocycles. The summed E-state index contributed by atoms with van der Waals surface area (Å²) in [7, 11) is 0. The summed E-state index contributed by atoms with van der Waals surface area (Å²) in [4.78, 5) is 0. The van der Waals surface area contributed by atoms with E-state index in [1.165, 1.54) is 12.5 Å². The standard InChI is InChI=1S/C4H6O.2C2H6.2C2H4/c1-3-5-4-2;4*1-2/h3-4H,1-2H2;2*1-2H3;2*1-2H2. The van der Waals surface area contributed by atoms with E-state index in [-0.39, 0.29) is 0 Å². The third-order valence-corrected chi connectivity index (χ3v) is 0.192. The van der Waals surface area contributed by atoms with Crippen LogP contribution in [0.15, 0.2) is 52.0 Å². The monoisotopic (exact) mass is 186 g/mol. The smallest absolute Gasteiger partial charge is 0.0829 e. The van der Waals surface area contributed by atoms with Crippen LogP contribution in [0.1, 0.15) is 27.7 Å². The molecule has 0 fully saturated rings. The first-order valence-electron chi connectivity index (χ1n) is 4.29. The molecule has 0 aromatic rings. The SMILES string of the molecule is C=C.C=C.C=COC=C.CC.CC. The fourth-order valence-electron chi connectivity index (χ4n) is 0.0680. The molecule has 1 heteroatoms. The molecule has 0 aromatic heterocycles. The summed E-state index contributed by atoms with van der Waals surface area (Å²) in [5, 5.41) is 0. The lowest BCUT2D eigenvalue weighted by Crippen LogP contribution is -1.52. The Kier molecular flexibility index (Phi) is 758. The van der Waals surface area contributed by atoms with Gasteiger partial charge in [-0.25, -0.2) is 0 Å². The van der Waals surface area contributed by atoms with Crippen LogP contribution in [0.3, 0.4) is 0 Å². The van der Waals surface area contributed by atoms with Gasteiger partial charge in [0.25, 0.3) is 0 Å². The highest BCUT2D eigenvalue weighted by atomic mass is 16.5. The van der Waals surface area contributed by atoms with Crippen molar-refractivity contribution < 1.29 is 4.74 Å². The summed E-state index contributed by atoms with van der Waals surface area (Å²) < 4.78 is 4.36. The molecule has 0 rings (SSSR count). The van der Waals surface area contributed by atoms with Crippen molar-refractivity contribution in [2.75, 3.05) is 0 Å². The number of hydrogen-bond donors (Lipinski definition) is 0. The highest BCUT2D eigenvalue weighted by Crippen LogP contribution is 1.65. The van der Waals surface area contributed by atoms with Gasteiger partial charge in [0.2, 0.25) is 0 Å². The van der Waals surface area contributed by atoms with Crippen molar-refractivity contribution in [1.29, 1.82) is 0 Å². The molecule has 0 aliphatic heterocycles. The minimum Gasteiger partial charge on any atom is -0.474 e. The van der Waals surface area contributed by atoms with E-state index in [2.05, 4.69) is 44.2 Å². The van der Waals surface area contributed by atoms with E-state index >= 15 is 0 Å². The van der Waals surface area contributed by atoms with Gasteiger partial charge in [-0.3, -0.25) is 0 Å². The van der Waals surface area contributed by atoms with E-state index in [0.717, 1.165) is 0 Å². The highest BCUT2D eigenvalue weighted by Gasteiger charge is 1.45. The van der Waals surface area contributed by atoms with Crippen LogP contribution in [0.4, 0.5) is 0 Å². The Labute approximate surface area is 85.1 Å². The van der Waals surface area contributed by atoms with E-state index in [4.69, 9.17) is 0 Å². The van der Waals surface area contributed by atoms with Crippen LogP contribution in [0.5, 0.6) is 0 Å². The lowest BCUT2D eigenvalue weighted by molar-refractivity contribution is 0.406. The fraction of sp³-hybridized carbons (Fsp3) is 0.333. The molecule has 1 nitrogen and oxygen atoms in total. The van der Waals surface area contributed by atoms with Crippen molar-refractivity contribution >= 4 is 0 Å². The van der Waals surface area contributed by atoms with Crippen molar-refractivity contribution in [3.8, 4) is 0 Å². The topological polar surface area (TPSA) is 9.23 Å². The van der Waals surface area contributed by atoms with E-state index < -0.39 is 0 Å². The Morgan fingerprint density at radius 1 is 0.692 bits per heavy atom. The maximum Gasteiger partial charge on any atom is 0.0829 e. The lowest BCUT2D eigenvalue weighted by Gasteiger charge is -1.76. The van der Waals surface area contributed by atoms with E-state index in [1.807, 2.05) is 27.7 Å². The molecule has 0 unspecified atom stereocenters. The zero-order valence-corrected chi connectivity index (χ0v) is 9.81. The Hall–Kier alpha value is -1.24. The maximum atomic E-state index is 4.36. The summed E-state index contributed by atoms with van der Waals surface area (Å²) in [5.74, 6) is 0. The second-order valence-corrected chi connectivity index (χ2v) is 0.469. The van der Waals surface area contributed by atoms with Crippen molar-refractivity contribution in [1.82, 2.24) is 0 Å². The number of rotatable bonds is 2. The summed E-state index contributed by atoms with van der Waals surface area (Å²) >= 11 is 0. The van der Waals surface area contributed by atoms with Crippen molar-refractivity contribution in [3.63, 3.8) is 0 Å². The molecule has 0 radical (unpaired) electrons. The van der Waals surface area contributed by atoms with Gasteiger partial charge in [-0.05, 0) is 0 Å². The number of ether oxygens (including phenoxy) is 1. The molecule has 80 valence electrons. The van der Waals surface area contributed by atoms with Gasteiger partial charge in [-0.2, -0.15) is 0 Å². The normalized spacial score (nSPS) is 3.69. The van der Waals surface area contributed by atoms with Crippen molar-refractivity contribution in [2.24, 2.45) is 0 Å². The average Bonchev–Trinajstić information content (AvgIpc) is 2.30. The zero-order valence-electron chi connectivity index (χ0n) is 9.81. The maximum absolute atomic E-state index is 4.36. The zero-order chi connectivity index (χ0) is 12.1. The second kappa shape index (κ2) is 331. The first kappa shape index (κ1) is 29.8. The molecule has 13 heavy (non-hydrogen) atoms. The number of hydrogen-bond acceptors (Lipinski definition) is 1. The van der Waals surface area contributed by atoms with Gasteiger partial charge in [-0.1, -0.05) is 40.9 Å². The Bertz CT molecular complexity index is 50.1. The molecule has 0 bridgehead atoms. The van der Waals surface area contributed by atoms with Crippen LogP contribution in [-0.2, 0) is 4.74 Å². The Morgan fingerprint density at radius 2 is 0.846 bits per heavy atom. The molecule has 0 N–H and O–H groups in total. The summed E-state index contributed by atoms with van der Waals surface area (Å²) in [6.45, 7) is 26.5. The minimum atomic E-state index is 1.31. The van der Waals surface area contributed by atoms with Gasteiger partial charge in [0.05, 0.1) is 12.5 Å². The molecular weight excluding hydrogens is 160 g/mol. The van der Waals surface area contributed by atoms with Crippen molar-refractivity contribution in [3.05, 3.63) is 52.0 Å². The van der Waals surface area contributed by atoms with Crippen LogP contribution >= 0.6 is 0 Å². The quantitative estimate of drug-likeness (QED) is 0.438. The summed E-state index contributed by atoms with van der Waals surface area (Å²) in [6, 6.07) is 0. The van der Waals surface area contributed by atoms with Gasteiger partial charge in [0.1, 0.15) is 0 Å². The largest absolute Gasteiger partial charge is 0.474 e. The van der Waals surface area contributed by atoms with Crippen molar-refractivity contribution in [2.45, 2.75) is 27.7 Å². The van der Waals surface area contributed by atoms with Gasteiger partial charge in [0.15, 0.2) is 0 Å². The van der Waals surface area contributed by atoms with E-state index in [9.17, 15) is 0 Å². The second-order valence-electron chi connectivity index (χ2n) is 0.469. The van der Waals surface area contributed by atoms with Crippen LogP contribution in [0.25, 0.3) is 0 Å². The van der Waals surface area contributed by atoms with Crippen LogP contribution in [0, 0.1) is 0 Å². The molecule has 0 amide bonds. The lowest BCUT2D eigenvalue weighted by atomic mass is 11.0. The average molecular weight is 186 g/mol. The molecule has 0 saturated carbocycles. The van der Waals surface area contributed by atoms with Gasteiger partial charge < -0.3 is 4.74 Å². The molecule has 0 atom stereocenters. The fourth-order valence-corrected chi connectivity index (χ4v) is 0.0680. The summed E-state index contributed by atoms with van der Waals surface area (Å²) in [6.07, 6.45) is 2.62. The van der Waals surface area contributed by atoms with Crippen LogP contribution in [0.2, 0.25) is 0 Å². The van der Waals surface area contributed by atoms with E-state index in [1.54, 1.807) is 0 Å². The third kappa shape index (κ3) is 1430. The third-order valence-electron chi connectivity index (χ3n) is 0.192. The molecule has 0 spiro atoms. The predicted molar refractivity (Wildman–Crippen MR) is 66.7 cm³/mol. The molecule has 0 aliphatic carbocycles. The van der Waals surface area contributed by atoms with Gasteiger partial charge >= 0.3 is 0 Å². The molecule has 0 heterocycles. The Balaban J connectivity index is -0.0000000230. The first-order chi connectivity index (χ1) is 6.41. The molecular formula is C12H26O. The van der Waals surface area contributed by atoms with Gasteiger partial charge in [-0.15, -0.1) is 26.3 Å². The van der Waals surface area contributed by atoms with Gasteiger partial charge in [0, 0.05) is 0 Å². The molecule has 0 aliphatic rings. The van der Waals surface area contributed by atoms with E-state index in [0.29, 0.717) is 0 Å². The van der Waals surface area contributed by atoms with Crippen LogP contribution < -0.4 is 0 Å². The first-order valence-corrected chi connectivity index (χ1v) is 4.29. The Morgan fingerprint density at radius 3 is 0.846 bits per heavy atom. The predicted octanol–water partition coefficient (Wildman–Crippen LogP) is 4.95. The minimum absolute atomic E-state index is 1.31.